The van der Waals surface area contributed by atoms with Crippen LogP contribution in [0.5, 0.6) is 0 Å². The summed E-state index contributed by atoms with van der Waals surface area (Å²) < 4.78 is 17.7. The minimum Gasteiger partial charge on any atom is -0.461 e. The van der Waals surface area contributed by atoms with Gasteiger partial charge in [-0.1, -0.05) is 87.0 Å². The van der Waals surface area contributed by atoms with Crippen molar-refractivity contribution in [2.75, 3.05) is 13.1 Å². The van der Waals surface area contributed by atoms with Crippen molar-refractivity contribution < 1.29 is 33.4 Å². The van der Waals surface area contributed by atoms with Crippen LogP contribution in [0.2, 0.25) is 0 Å². The van der Waals surface area contributed by atoms with Crippen LogP contribution in [0.25, 0.3) is 0 Å². The van der Waals surface area contributed by atoms with E-state index in [1.54, 1.807) is 20.8 Å². The molecule has 0 aliphatic rings. The maximum absolute atomic E-state index is 13.3. The smallest absolute Gasteiger partial charge is 0.312 e. The number of carbonyl (C=O) groups excluding carboxylic acids is 4. The van der Waals surface area contributed by atoms with E-state index < -0.39 is 23.8 Å². The van der Waals surface area contributed by atoms with E-state index >= 15 is 0 Å². The van der Waals surface area contributed by atoms with Gasteiger partial charge in [0, 0.05) is 13.3 Å². The van der Waals surface area contributed by atoms with E-state index in [9.17, 15) is 19.2 Å². The Morgan fingerprint density at radius 3 is 1.39 bits per heavy atom. The van der Waals surface area contributed by atoms with Crippen LogP contribution in [0, 0.1) is 17.8 Å². The number of nitrogens with zero attached hydrogens (tertiary/aromatic N) is 1. The summed E-state index contributed by atoms with van der Waals surface area (Å²) in [5.74, 6) is -3.82. The van der Waals surface area contributed by atoms with Crippen LogP contribution in [0.1, 0.15) is 146 Å². The van der Waals surface area contributed by atoms with E-state index in [1.165, 1.54) is 4.90 Å². The molecule has 0 rings (SSSR count). The number of ether oxygens (including phenoxy) is 3. The van der Waals surface area contributed by atoms with Crippen molar-refractivity contribution in [3.05, 3.63) is 0 Å². The van der Waals surface area contributed by atoms with E-state index in [2.05, 4.69) is 20.8 Å². The Labute approximate surface area is 250 Å². The van der Waals surface area contributed by atoms with Crippen molar-refractivity contribution >= 4 is 23.8 Å². The van der Waals surface area contributed by atoms with E-state index in [1.807, 2.05) is 20.8 Å². The average molecular weight is 584 g/mol. The molecule has 0 spiro atoms. The minimum absolute atomic E-state index is 0.105. The van der Waals surface area contributed by atoms with Gasteiger partial charge in [-0.3, -0.25) is 19.2 Å². The summed E-state index contributed by atoms with van der Waals surface area (Å²) in [4.78, 5) is 54.0. The van der Waals surface area contributed by atoms with Crippen molar-refractivity contribution in [1.29, 1.82) is 0 Å². The Morgan fingerprint density at radius 1 is 0.659 bits per heavy atom. The second kappa shape index (κ2) is 21.6. The zero-order valence-electron chi connectivity index (χ0n) is 27.7. The molecule has 1 amide bonds. The van der Waals surface area contributed by atoms with Crippen molar-refractivity contribution in [1.82, 2.24) is 4.90 Å². The molecule has 0 aliphatic carbocycles. The fourth-order valence-corrected chi connectivity index (χ4v) is 4.96. The van der Waals surface area contributed by atoms with Crippen LogP contribution in [0.4, 0.5) is 0 Å². The van der Waals surface area contributed by atoms with Crippen LogP contribution in [0.15, 0.2) is 0 Å². The van der Waals surface area contributed by atoms with Gasteiger partial charge in [-0.15, -0.1) is 0 Å². The first-order chi connectivity index (χ1) is 19.4. The van der Waals surface area contributed by atoms with Crippen LogP contribution >= 0.6 is 0 Å². The van der Waals surface area contributed by atoms with Gasteiger partial charge in [-0.2, -0.15) is 0 Å². The van der Waals surface area contributed by atoms with Crippen LogP contribution in [-0.4, -0.2) is 53.7 Å². The summed E-state index contributed by atoms with van der Waals surface area (Å²) in [6.07, 6.45) is 9.32. The van der Waals surface area contributed by atoms with E-state index in [-0.39, 0.29) is 49.1 Å². The third-order valence-electron chi connectivity index (χ3n) is 7.76. The molecule has 0 heterocycles. The zero-order valence-corrected chi connectivity index (χ0v) is 27.7. The molecule has 8 nitrogen and oxygen atoms in total. The molecule has 0 aliphatic heterocycles. The molecule has 0 unspecified atom stereocenters. The highest BCUT2D eigenvalue weighted by Gasteiger charge is 2.40. The van der Waals surface area contributed by atoms with Crippen LogP contribution < -0.4 is 0 Å². The van der Waals surface area contributed by atoms with Gasteiger partial charge in [0.1, 0.15) is 6.10 Å². The van der Waals surface area contributed by atoms with Crippen molar-refractivity contribution in [2.45, 2.75) is 158 Å². The number of rotatable bonds is 23. The van der Waals surface area contributed by atoms with Crippen molar-refractivity contribution in [3.63, 3.8) is 0 Å². The topological polar surface area (TPSA) is 99.2 Å². The van der Waals surface area contributed by atoms with Crippen LogP contribution in [-0.2, 0) is 33.4 Å². The Morgan fingerprint density at radius 2 is 1.05 bits per heavy atom. The molecule has 0 bridgehead atoms. The van der Waals surface area contributed by atoms with Gasteiger partial charge >= 0.3 is 17.9 Å². The highest BCUT2D eigenvalue weighted by molar-refractivity contribution is 5.77. The van der Waals surface area contributed by atoms with Gasteiger partial charge < -0.3 is 19.1 Å². The number of carbonyl (C=O) groups is 4. The van der Waals surface area contributed by atoms with Crippen molar-refractivity contribution in [2.24, 2.45) is 17.8 Å². The van der Waals surface area contributed by atoms with E-state index in [4.69, 9.17) is 14.2 Å². The highest BCUT2D eigenvalue weighted by atomic mass is 16.7. The fourth-order valence-electron chi connectivity index (χ4n) is 4.96. The monoisotopic (exact) mass is 583 g/mol. The summed E-state index contributed by atoms with van der Waals surface area (Å²) in [6.45, 7) is 17.1. The molecule has 0 saturated carbocycles. The first-order valence-electron chi connectivity index (χ1n) is 16.4. The fraction of sp³-hybridized carbons (Fsp3) is 0.879. The molecule has 0 aromatic carbocycles. The molecule has 4 atom stereocenters. The second-order valence-electron chi connectivity index (χ2n) is 11.6. The highest BCUT2D eigenvalue weighted by Crippen LogP contribution is 2.26. The molecule has 41 heavy (non-hydrogen) atoms. The Bertz CT molecular complexity index is 739. The molecule has 0 N–H and O–H groups in total. The lowest BCUT2D eigenvalue weighted by Gasteiger charge is -2.37. The Kier molecular flexibility index (Phi) is 20.4. The van der Waals surface area contributed by atoms with Gasteiger partial charge in [-0.25, -0.2) is 0 Å². The lowest BCUT2D eigenvalue weighted by atomic mass is 9.99. The number of amides is 1. The molecule has 0 aromatic heterocycles. The SMILES string of the molecule is CCCC[C@H](CC)C(=O)O[C@H](C)CN(CC(C)(OC(=O)[C@@H](CC)CCCC)OC(=O)[C@@H](CC)CCCC)C(=O)CC. The summed E-state index contributed by atoms with van der Waals surface area (Å²) in [5.41, 5.74) is 0. The quantitative estimate of drug-likeness (QED) is 0.0901. The first kappa shape index (κ1) is 38.9. The Balaban J connectivity index is 6.00. The minimum atomic E-state index is -1.67. The summed E-state index contributed by atoms with van der Waals surface area (Å²) >= 11 is 0. The molecule has 0 aromatic rings. The zero-order chi connectivity index (χ0) is 31.4. The van der Waals surface area contributed by atoms with Gasteiger partial charge in [0.2, 0.25) is 5.91 Å². The van der Waals surface area contributed by atoms with E-state index in [0.717, 1.165) is 44.9 Å². The molecule has 8 heteroatoms. The largest absolute Gasteiger partial charge is 0.461 e. The first-order valence-corrected chi connectivity index (χ1v) is 16.4. The number of esters is 3. The molecular weight excluding hydrogens is 522 g/mol. The molecule has 0 saturated heterocycles. The predicted molar refractivity (Wildman–Crippen MR) is 163 cm³/mol. The number of hydrogen-bond donors (Lipinski definition) is 0. The third-order valence-corrected chi connectivity index (χ3v) is 7.76. The molecule has 0 fully saturated rings. The maximum Gasteiger partial charge on any atom is 0.312 e. The predicted octanol–water partition coefficient (Wildman–Crippen LogP) is 7.61. The normalized spacial score (nSPS) is 14.5. The second-order valence-corrected chi connectivity index (χ2v) is 11.6. The Hall–Kier alpha value is -2.12. The van der Waals surface area contributed by atoms with Gasteiger partial charge in [-0.05, 0) is 45.4 Å². The average Bonchev–Trinajstić information content (AvgIpc) is 2.93. The van der Waals surface area contributed by atoms with Crippen molar-refractivity contribution in [3.8, 4) is 0 Å². The molecular formula is C33H61NO7. The lowest BCUT2D eigenvalue weighted by Crippen LogP contribution is -2.52. The number of unbranched alkanes of at least 4 members (excludes halogenated alkanes) is 3. The van der Waals surface area contributed by atoms with Gasteiger partial charge in [0.05, 0.1) is 30.8 Å². The van der Waals surface area contributed by atoms with Crippen LogP contribution in [0.3, 0.4) is 0 Å². The maximum atomic E-state index is 13.3. The summed E-state index contributed by atoms with van der Waals surface area (Å²) in [6, 6.07) is 0. The number of hydrogen-bond acceptors (Lipinski definition) is 7. The molecule has 240 valence electrons. The standard InChI is InChI=1S/C33H61NO7/c1-10-17-20-26(13-4)30(36)39-25(8)23-34(29(35)16-7)24-33(9,40-31(37)27(14-5)21-18-11-2)41-32(38)28(15-6)22-19-12-3/h25-28H,10-24H2,1-9H3/t25-,26+,27+,28+/m1/s1. The lowest BCUT2D eigenvalue weighted by molar-refractivity contribution is -0.234. The summed E-state index contributed by atoms with van der Waals surface area (Å²) in [5, 5.41) is 0. The third kappa shape index (κ3) is 15.1. The summed E-state index contributed by atoms with van der Waals surface area (Å²) in [7, 11) is 0. The molecule has 0 radical (unpaired) electrons. The van der Waals surface area contributed by atoms with E-state index in [0.29, 0.717) is 32.1 Å². The van der Waals surface area contributed by atoms with Gasteiger partial charge in [0.25, 0.3) is 5.79 Å². The van der Waals surface area contributed by atoms with Gasteiger partial charge in [0.15, 0.2) is 0 Å².